The van der Waals surface area contributed by atoms with Crippen LogP contribution < -0.4 is 5.46 Å². The van der Waals surface area contributed by atoms with E-state index in [0.29, 0.717) is 5.92 Å². The van der Waals surface area contributed by atoms with Crippen molar-refractivity contribution in [1.29, 1.82) is 0 Å². The summed E-state index contributed by atoms with van der Waals surface area (Å²) in [7, 11) is -0.724. The molecule has 2 rings (SSSR count). The molecule has 1 aliphatic heterocycles. The minimum atomic E-state index is -0.724. The molecule has 0 bridgehead atoms. The zero-order chi connectivity index (χ0) is 10.8. The van der Waals surface area contributed by atoms with Gasteiger partial charge in [-0.05, 0) is 29.8 Å². The van der Waals surface area contributed by atoms with Crippen LogP contribution in [0.25, 0.3) is 0 Å². The van der Waals surface area contributed by atoms with Gasteiger partial charge in [0.05, 0.1) is 6.10 Å². The monoisotopic (exact) mass is 204 g/mol. The highest BCUT2D eigenvalue weighted by Gasteiger charge is 2.34. The summed E-state index contributed by atoms with van der Waals surface area (Å²) in [5.41, 5.74) is 2.09. The summed E-state index contributed by atoms with van der Waals surface area (Å²) < 4.78 is 5.54. The predicted octanol–water partition coefficient (Wildman–Crippen LogP) is 1.88. The van der Waals surface area contributed by atoms with Crippen LogP contribution in [0.4, 0.5) is 0 Å². The molecule has 0 aliphatic carbocycles. The lowest BCUT2D eigenvalue weighted by Crippen LogP contribution is -2.27. The zero-order valence-corrected chi connectivity index (χ0v) is 9.31. The Balaban J connectivity index is 2.11. The van der Waals surface area contributed by atoms with Gasteiger partial charge in [-0.25, -0.2) is 0 Å². The van der Waals surface area contributed by atoms with Gasteiger partial charge >= 0.3 is 7.12 Å². The highest BCUT2D eigenvalue weighted by molar-refractivity contribution is 6.61. The molecular weight excluding hydrogens is 187 g/mol. The Bertz CT molecular complexity index is 338. The van der Waals surface area contributed by atoms with Gasteiger partial charge in [0, 0.05) is 0 Å². The maximum Gasteiger partial charge on any atom is 0.491 e. The fraction of sp³-hybridized carbons (Fsp3) is 0.500. The topological polar surface area (TPSA) is 29.5 Å². The van der Waals surface area contributed by atoms with Crippen LogP contribution in [-0.4, -0.2) is 12.1 Å². The van der Waals surface area contributed by atoms with E-state index in [1.807, 2.05) is 18.2 Å². The molecule has 15 heavy (non-hydrogen) atoms. The fourth-order valence-electron chi connectivity index (χ4n) is 2.04. The van der Waals surface area contributed by atoms with Crippen molar-refractivity contribution in [1.82, 2.24) is 0 Å². The van der Waals surface area contributed by atoms with Crippen LogP contribution in [0.3, 0.4) is 0 Å². The highest BCUT2D eigenvalue weighted by atomic mass is 16.5. The van der Waals surface area contributed by atoms with Gasteiger partial charge in [0.15, 0.2) is 0 Å². The SMILES string of the molecule is CC(C)CC[C@@H]1OB(O)c2ccccc21. The van der Waals surface area contributed by atoms with Crippen molar-refractivity contribution in [2.45, 2.75) is 32.8 Å². The van der Waals surface area contributed by atoms with Crippen molar-refractivity contribution in [3.05, 3.63) is 29.8 Å². The Labute approximate surface area is 91.4 Å². The van der Waals surface area contributed by atoms with Gasteiger partial charge in [-0.1, -0.05) is 38.1 Å². The van der Waals surface area contributed by atoms with Gasteiger partial charge in [-0.2, -0.15) is 0 Å². The first kappa shape index (κ1) is 10.7. The lowest BCUT2D eigenvalue weighted by molar-refractivity contribution is 0.173. The molecule has 0 spiro atoms. The summed E-state index contributed by atoms with van der Waals surface area (Å²) in [6.45, 7) is 4.41. The van der Waals surface area contributed by atoms with Crippen molar-refractivity contribution in [3.63, 3.8) is 0 Å². The van der Waals surface area contributed by atoms with Crippen molar-refractivity contribution in [3.8, 4) is 0 Å². The van der Waals surface area contributed by atoms with Crippen LogP contribution in [0.15, 0.2) is 24.3 Å². The Morgan fingerprint density at radius 2 is 2.13 bits per heavy atom. The third-order valence-corrected chi connectivity index (χ3v) is 2.91. The largest absolute Gasteiger partial charge is 0.491 e. The molecule has 0 fully saturated rings. The van der Waals surface area contributed by atoms with E-state index in [1.165, 1.54) is 0 Å². The Morgan fingerprint density at radius 1 is 1.40 bits per heavy atom. The third-order valence-electron chi connectivity index (χ3n) is 2.91. The number of hydrogen-bond acceptors (Lipinski definition) is 2. The smallest absolute Gasteiger partial charge is 0.423 e. The molecule has 0 saturated carbocycles. The predicted molar refractivity (Wildman–Crippen MR) is 61.9 cm³/mol. The molecule has 1 atom stereocenters. The van der Waals surface area contributed by atoms with E-state index >= 15 is 0 Å². The summed E-state index contributed by atoms with van der Waals surface area (Å²) >= 11 is 0. The standard InChI is InChI=1S/C12H17BO2/c1-9(2)7-8-12-10-5-3-4-6-11(10)13(14)15-12/h3-6,9,12,14H,7-8H2,1-2H3/t12-/m0/s1. The molecule has 1 heterocycles. The molecule has 0 radical (unpaired) electrons. The Morgan fingerprint density at radius 3 is 2.87 bits per heavy atom. The van der Waals surface area contributed by atoms with E-state index in [4.69, 9.17) is 4.65 Å². The second-order valence-corrected chi connectivity index (χ2v) is 4.58. The number of hydrogen-bond donors (Lipinski definition) is 1. The van der Waals surface area contributed by atoms with Crippen LogP contribution in [0.1, 0.15) is 38.4 Å². The molecule has 80 valence electrons. The molecule has 1 N–H and O–H groups in total. The molecule has 1 aliphatic rings. The summed E-state index contributed by atoms with van der Waals surface area (Å²) in [4.78, 5) is 0. The minimum absolute atomic E-state index is 0.0820. The van der Waals surface area contributed by atoms with Crippen molar-refractivity contribution >= 4 is 12.6 Å². The first-order valence-electron chi connectivity index (χ1n) is 5.61. The van der Waals surface area contributed by atoms with Crippen LogP contribution in [0.5, 0.6) is 0 Å². The van der Waals surface area contributed by atoms with E-state index in [9.17, 15) is 5.02 Å². The Kier molecular flexibility index (Phi) is 3.12. The fourth-order valence-corrected chi connectivity index (χ4v) is 2.04. The van der Waals surface area contributed by atoms with Gasteiger partial charge in [0.25, 0.3) is 0 Å². The van der Waals surface area contributed by atoms with E-state index in [2.05, 4.69) is 19.9 Å². The molecule has 0 amide bonds. The minimum Gasteiger partial charge on any atom is -0.423 e. The summed E-state index contributed by atoms with van der Waals surface area (Å²) in [6, 6.07) is 7.94. The molecule has 0 aromatic heterocycles. The number of fused-ring (bicyclic) bond motifs is 1. The molecule has 1 aromatic rings. The summed E-state index contributed by atoms with van der Waals surface area (Å²) in [6.07, 6.45) is 2.20. The van der Waals surface area contributed by atoms with E-state index in [-0.39, 0.29) is 6.10 Å². The van der Waals surface area contributed by atoms with Crippen LogP contribution in [-0.2, 0) is 4.65 Å². The van der Waals surface area contributed by atoms with Crippen LogP contribution >= 0.6 is 0 Å². The van der Waals surface area contributed by atoms with Gasteiger partial charge in [0.2, 0.25) is 0 Å². The maximum absolute atomic E-state index is 9.69. The quantitative estimate of drug-likeness (QED) is 0.761. The Hall–Kier alpha value is -0.795. The second kappa shape index (κ2) is 4.37. The first-order valence-corrected chi connectivity index (χ1v) is 5.61. The zero-order valence-electron chi connectivity index (χ0n) is 9.31. The maximum atomic E-state index is 9.69. The second-order valence-electron chi connectivity index (χ2n) is 4.58. The number of benzene rings is 1. The highest BCUT2D eigenvalue weighted by Crippen LogP contribution is 2.28. The van der Waals surface area contributed by atoms with Crippen molar-refractivity contribution in [2.75, 3.05) is 0 Å². The molecule has 0 unspecified atom stereocenters. The summed E-state index contributed by atoms with van der Waals surface area (Å²) in [5.74, 6) is 0.679. The van der Waals surface area contributed by atoms with Crippen LogP contribution in [0.2, 0.25) is 0 Å². The van der Waals surface area contributed by atoms with Gasteiger partial charge in [0.1, 0.15) is 0 Å². The third kappa shape index (κ3) is 2.24. The van der Waals surface area contributed by atoms with Gasteiger partial charge in [-0.15, -0.1) is 0 Å². The molecule has 1 aromatic carbocycles. The average Bonchev–Trinajstić information content (AvgIpc) is 2.54. The van der Waals surface area contributed by atoms with E-state index in [1.54, 1.807) is 0 Å². The molecule has 0 saturated heterocycles. The van der Waals surface area contributed by atoms with E-state index < -0.39 is 7.12 Å². The first-order chi connectivity index (χ1) is 7.18. The van der Waals surface area contributed by atoms with E-state index in [0.717, 1.165) is 23.9 Å². The lowest BCUT2D eigenvalue weighted by atomic mass is 9.79. The molecule has 2 nitrogen and oxygen atoms in total. The molecular formula is C12H17BO2. The van der Waals surface area contributed by atoms with Crippen molar-refractivity contribution < 1.29 is 9.68 Å². The van der Waals surface area contributed by atoms with Gasteiger partial charge < -0.3 is 9.68 Å². The molecule has 3 heteroatoms. The normalized spacial score (nSPS) is 19.7. The van der Waals surface area contributed by atoms with Gasteiger partial charge in [-0.3, -0.25) is 0 Å². The van der Waals surface area contributed by atoms with Crippen molar-refractivity contribution in [2.24, 2.45) is 5.92 Å². The lowest BCUT2D eigenvalue weighted by Gasteiger charge is -2.13. The summed E-state index contributed by atoms with van der Waals surface area (Å²) in [5, 5.41) is 9.69. The average molecular weight is 204 g/mol. The van der Waals surface area contributed by atoms with Crippen LogP contribution in [0, 0.1) is 5.92 Å². The number of rotatable bonds is 3.